The fourth-order valence-corrected chi connectivity index (χ4v) is 2.46. The number of carbonyl (C=O) groups excluding carboxylic acids is 2. The van der Waals surface area contributed by atoms with Gasteiger partial charge >= 0.3 is 5.97 Å². The highest BCUT2D eigenvalue weighted by Gasteiger charge is 2.19. The standard InChI is InChI=1S/C19H20N2O8/c1-11-5-6-13(21(24)25)9-14(11)20-17(22)10-29-19(23)12-7-15(26-2)18(28-4)16(8-12)27-3/h5-9H,10H2,1-4H3,(H,20,22). The lowest BCUT2D eigenvalue weighted by atomic mass is 10.2. The molecule has 0 bridgehead atoms. The van der Waals surface area contributed by atoms with Gasteiger partial charge in [0.15, 0.2) is 18.1 Å². The molecule has 0 heterocycles. The fraction of sp³-hybridized carbons (Fsp3) is 0.263. The average Bonchev–Trinajstić information content (AvgIpc) is 2.72. The van der Waals surface area contributed by atoms with Gasteiger partial charge in [-0.3, -0.25) is 14.9 Å². The number of aryl methyl sites for hydroxylation is 1. The number of carbonyl (C=O) groups is 2. The van der Waals surface area contributed by atoms with Gasteiger partial charge < -0.3 is 24.3 Å². The number of rotatable bonds is 8. The van der Waals surface area contributed by atoms with Crippen molar-refractivity contribution in [3.8, 4) is 17.2 Å². The van der Waals surface area contributed by atoms with Crippen LogP contribution in [0.4, 0.5) is 11.4 Å². The Balaban J connectivity index is 2.08. The summed E-state index contributed by atoms with van der Waals surface area (Å²) in [6, 6.07) is 6.86. The molecular formula is C19H20N2O8. The maximum absolute atomic E-state index is 12.3. The van der Waals surface area contributed by atoms with Crippen LogP contribution in [0.25, 0.3) is 0 Å². The minimum absolute atomic E-state index is 0.0961. The summed E-state index contributed by atoms with van der Waals surface area (Å²) in [6.45, 7) is 1.10. The number of esters is 1. The van der Waals surface area contributed by atoms with Gasteiger partial charge in [-0.1, -0.05) is 6.07 Å². The second-order valence-electron chi connectivity index (χ2n) is 5.79. The molecule has 0 aliphatic heterocycles. The van der Waals surface area contributed by atoms with E-state index in [0.717, 1.165) is 0 Å². The van der Waals surface area contributed by atoms with Gasteiger partial charge in [0.1, 0.15) is 0 Å². The Morgan fingerprint density at radius 3 is 2.17 bits per heavy atom. The quantitative estimate of drug-likeness (QED) is 0.404. The number of non-ortho nitro benzene ring substituents is 1. The van der Waals surface area contributed by atoms with E-state index in [1.165, 1.54) is 51.7 Å². The van der Waals surface area contributed by atoms with E-state index in [0.29, 0.717) is 11.3 Å². The summed E-state index contributed by atoms with van der Waals surface area (Å²) in [5.41, 5.74) is 0.812. The van der Waals surface area contributed by atoms with Crippen LogP contribution in [0.5, 0.6) is 17.2 Å². The number of nitrogens with one attached hydrogen (secondary N) is 1. The molecule has 29 heavy (non-hydrogen) atoms. The van der Waals surface area contributed by atoms with Crippen molar-refractivity contribution in [3.63, 3.8) is 0 Å². The van der Waals surface area contributed by atoms with Gasteiger partial charge in [-0.15, -0.1) is 0 Å². The van der Waals surface area contributed by atoms with Gasteiger partial charge in [-0.05, 0) is 24.6 Å². The fourth-order valence-electron chi connectivity index (χ4n) is 2.46. The van der Waals surface area contributed by atoms with Crippen LogP contribution in [0.3, 0.4) is 0 Å². The average molecular weight is 404 g/mol. The van der Waals surface area contributed by atoms with Gasteiger partial charge in [0.05, 0.1) is 37.5 Å². The van der Waals surface area contributed by atoms with Crippen LogP contribution in [-0.4, -0.2) is 44.7 Å². The molecule has 0 spiro atoms. The molecule has 2 rings (SSSR count). The van der Waals surface area contributed by atoms with Crippen LogP contribution in [0.1, 0.15) is 15.9 Å². The van der Waals surface area contributed by atoms with E-state index in [9.17, 15) is 19.7 Å². The van der Waals surface area contributed by atoms with Gasteiger partial charge in [0.25, 0.3) is 11.6 Å². The molecular weight excluding hydrogens is 384 g/mol. The zero-order chi connectivity index (χ0) is 21.6. The maximum atomic E-state index is 12.3. The number of nitrogens with zero attached hydrogens (tertiary/aromatic N) is 1. The summed E-state index contributed by atoms with van der Waals surface area (Å²) in [5, 5.41) is 13.4. The molecule has 0 fully saturated rings. The Kier molecular flexibility index (Phi) is 6.96. The van der Waals surface area contributed by atoms with Crippen molar-refractivity contribution in [3.05, 3.63) is 51.6 Å². The molecule has 1 N–H and O–H groups in total. The molecule has 0 unspecified atom stereocenters. The van der Waals surface area contributed by atoms with Crippen LogP contribution in [0.15, 0.2) is 30.3 Å². The summed E-state index contributed by atoms with van der Waals surface area (Å²) < 4.78 is 20.5. The predicted molar refractivity (Wildman–Crippen MR) is 103 cm³/mol. The van der Waals surface area contributed by atoms with Gasteiger partial charge in [-0.2, -0.15) is 0 Å². The van der Waals surface area contributed by atoms with Gasteiger partial charge in [0, 0.05) is 12.1 Å². The highest BCUT2D eigenvalue weighted by molar-refractivity contribution is 5.96. The second-order valence-corrected chi connectivity index (χ2v) is 5.79. The molecule has 0 atom stereocenters. The molecule has 0 saturated heterocycles. The molecule has 10 nitrogen and oxygen atoms in total. The number of hydrogen-bond acceptors (Lipinski definition) is 8. The summed E-state index contributed by atoms with van der Waals surface area (Å²) in [4.78, 5) is 34.7. The van der Waals surface area contributed by atoms with Crippen molar-refractivity contribution in [2.75, 3.05) is 33.3 Å². The largest absolute Gasteiger partial charge is 0.493 e. The maximum Gasteiger partial charge on any atom is 0.338 e. The molecule has 0 aliphatic rings. The summed E-state index contributed by atoms with van der Waals surface area (Å²) >= 11 is 0. The van der Waals surface area contributed by atoms with E-state index in [4.69, 9.17) is 18.9 Å². The summed E-state index contributed by atoms with van der Waals surface area (Å²) in [6.07, 6.45) is 0. The molecule has 0 saturated carbocycles. The van der Waals surface area contributed by atoms with Crippen molar-refractivity contribution < 1.29 is 33.5 Å². The van der Waals surface area contributed by atoms with E-state index in [1.807, 2.05) is 0 Å². The number of ether oxygens (including phenoxy) is 4. The monoisotopic (exact) mass is 404 g/mol. The molecule has 10 heteroatoms. The van der Waals surface area contributed by atoms with E-state index >= 15 is 0 Å². The first kappa shape index (κ1) is 21.5. The molecule has 0 radical (unpaired) electrons. The minimum Gasteiger partial charge on any atom is -0.493 e. The van der Waals surface area contributed by atoms with Crippen molar-refractivity contribution in [2.45, 2.75) is 6.92 Å². The number of methoxy groups -OCH3 is 3. The Morgan fingerprint density at radius 1 is 1.03 bits per heavy atom. The first-order valence-corrected chi connectivity index (χ1v) is 8.32. The van der Waals surface area contributed by atoms with E-state index < -0.39 is 23.4 Å². The van der Waals surface area contributed by atoms with E-state index in [2.05, 4.69) is 5.32 Å². The first-order valence-electron chi connectivity index (χ1n) is 8.32. The molecule has 2 aromatic rings. The van der Waals surface area contributed by atoms with Crippen LogP contribution < -0.4 is 19.5 Å². The van der Waals surface area contributed by atoms with Crippen molar-refractivity contribution in [1.29, 1.82) is 0 Å². The van der Waals surface area contributed by atoms with Crippen molar-refractivity contribution >= 4 is 23.3 Å². The number of benzene rings is 2. The zero-order valence-corrected chi connectivity index (χ0v) is 16.3. The molecule has 154 valence electrons. The number of amides is 1. The topological polar surface area (TPSA) is 126 Å². The molecule has 2 aromatic carbocycles. The first-order chi connectivity index (χ1) is 13.8. The van der Waals surface area contributed by atoms with Crippen LogP contribution in [-0.2, 0) is 9.53 Å². The highest BCUT2D eigenvalue weighted by atomic mass is 16.6. The third-order valence-electron chi connectivity index (χ3n) is 3.94. The van der Waals surface area contributed by atoms with E-state index in [1.54, 1.807) is 6.92 Å². The lowest BCUT2D eigenvalue weighted by Crippen LogP contribution is -2.21. The Labute approximate surface area is 166 Å². The van der Waals surface area contributed by atoms with Crippen LogP contribution in [0, 0.1) is 17.0 Å². The smallest absolute Gasteiger partial charge is 0.338 e. The SMILES string of the molecule is COc1cc(C(=O)OCC(=O)Nc2cc([N+](=O)[O-])ccc2C)cc(OC)c1OC. The number of anilines is 1. The number of nitro benzene ring substituents is 1. The predicted octanol–water partition coefficient (Wildman–Crippen LogP) is 2.72. The third kappa shape index (κ3) is 5.12. The number of nitro groups is 1. The Hall–Kier alpha value is -3.82. The number of hydrogen-bond donors (Lipinski definition) is 1. The lowest BCUT2D eigenvalue weighted by molar-refractivity contribution is -0.384. The minimum atomic E-state index is -0.782. The van der Waals surface area contributed by atoms with Crippen molar-refractivity contribution in [2.24, 2.45) is 0 Å². The normalized spacial score (nSPS) is 10.1. The van der Waals surface area contributed by atoms with Crippen LogP contribution >= 0.6 is 0 Å². The Morgan fingerprint density at radius 2 is 1.66 bits per heavy atom. The molecule has 1 amide bonds. The molecule has 0 aromatic heterocycles. The van der Waals surface area contributed by atoms with Gasteiger partial charge in [0.2, 0.25) is 5.75 Å². The second kappa shape index (κ2) is 9.40. The summed E-state index contributed by atoms with van der Waals surface area (Å²) in [5.74, 6) is -0.596. The highest BCUT2D eigenvalue weighted by Crippen LogP contribution is 2.38. The summed E-state index contributed by atoms with van der Waals surface area (Å²) in [7, 11) is 4.24. The Bertz CT molecular complexity index is 917. The third-order valence-corrected chi connectivity index (χ3v) is 3.94. The molecule has 0 aliphatic carbocycles. The van der Waals surface area contributed by atoms with Gasteiger partial charge in [-0.25, -0.2) is 4.79 Å². The lowest BCUT2D eigenvalue weighted by Gasteiger charge is -2.14. The van der Waals surface area contributed by atoms with Crippen LogP contribution in [0.2, 0.25) is 0 Å². The zero-order valence-electron chi connectivity index (χ0n) is 16.3. The van der Waals surface area contributed by atoms with Crippen molar-refractivity contribution in [1.82, 2.24) is 0 Å². The van der Waals surface area contributed by atoms with E-state index in [-0.39, 0.29) is 28.4 Å².